The molecule has 0 spiro atoms. The van der Waals surface area contributed by atoms with Crippen molar-refractivity contribution in [3.8, 4) is 0 Å². The van der Waals surface area contributed by atoms with E-state index in [2.05, 4.69) is 20.7 Å². The van der Waals surface area contributed by atoms with Crippen LogP contribution in [0.5, 0.6) is 0 Å². The monoisotopic (exact) mass is 479 g/mol. The first kappa shape index (κ1) is 21.7. The zero-order valence-corrected chi connectivity index (χ0v) is 17.9. The fourth-order valence-corrected chi connectivity index (χ4v) is 2.83. The quantitative estimate of drug-likeness (QED) is 0.392. The number of aryl methyl sites for hydroxylation is 1. The molecule has 1 heterocycles. The Hall–Kier alpha value is -1.35. The van der Waals surface area contributed by atoms with E-state index < -0.39 is 0 Å². The summed E-state index contributed by atoms with van der Waals surface area (Å²) in [5, 5.41) is 11.1. The van der Waals surface area contributed by atoms with Gasteiger partial charge in [-0.25, -0.2) is 4.39 Å². The van der Waals surface area contributed by atoms with E-state index in [1.807, 2.05) is 33.3 Å². The Morgan fingerprint density at radius 1 is 1.36 bits per heavy atom. The molecule has 0 bridgehead atoms. The summed E-state index contributed by atoms with van der Waals surface area (Å²) in [5.74, 6) is 0.353. The molecule has 0 saturated heterocycles. The Labute approximate surface area is 170 Å². The second-order valence-electron chi connectivity index (χ2n) is 6.31. The highest BCUT2D eigenvalue weighted by Crippen LogP contribution is 2.29. The van der Waals surface area contributed by atoms with Crippen molar-refractivity contribution in [2.75, 3.05) is 13.6 Å². The van der Waals surface area contributed by atoms with Crippen molar-refractivity contribution in [2.45, 2.75) is 25.8 Å². The fraction of sp³-hybridized carbons (Fsp3) is 0.412. The van der Waals surface area contributed by atoms with Crippen LogP contribution in [0.2, 0.25) is 5.02 Å². The minimum atomic E-state index is -0.332. The standard InChI is InChI=1S/C17H23ClFN5.HI/c1-17(2,14-6-5-13(19)7-15(14)18)11-22-16(20-3)21-8-12-9-23-24(4)10-12;/h5-7,9-10H,8,11H2,1-4H3,(H2,20,21,22);1H. The van der Waals surface area contributed by atoms with Gasteiger partial charge in [-0.2, -0.15) is 5.10 Å². The van der Waals surface area contributed by atoms with Crippen LogP contribution >= 0.6 is 35.6 Å². The van der Waals surface area contributed by atoms with Gasteiger partial charge >= 0.3 is 0 Å². The molecule has 0 fully saturated rings. The van der Waals surface area contributed by atoms with Crippen LogP contribution in [-0.2, 0) is 19.0 Å². The third-order valence-corrected chi connectivity index (χ3v) is 4.11. The highest BCUT2D eigenvalue weighted by molar-refractivity contribution is 14.0. The van der Waals surface area contributed by atoms with Gasteiger partial charge in [0.25, 0.3) is 0 Å². The SMILES string of the molecule is CN=C(NCc1cnn(C)c1)NCC(C)(C)c1ccc(F)cc1Cl.I. The van der Waals surface area contributed by atoms with E-state index in [9.17, 15) is 4.39 Å². The normalized spacial score (nSPS) is 11.8. The Balaban J connectivity index is 0.00000312. The smallest absolute Gasteiger partial charge is 0.191 e. The summed E-state index contributed by atoms with van der Waals surface area (Å²) >= 11 is 6.18. The second-order valence-corrected chi connectivity index (χ2v) is 6.72. The van der Waals surface area contributed by atoms with Crippen LogP contribution in [0, 0.1) is 5.82 Å². The van der Waals surface area contributed by atoms with Gasteiger partial charge < -0.3 is 10.6 Å². The Morgan fingerprint density at radius 2 is 2.08 bits per heavy atom. The summed E-state index contributed by atoms with van der Waals surface area (Å²) in [7, 11) is 3.60. The zero-order chi connectivity index (χ0) is 17.7. The summed E-state index contributed by atoms with van der Waals surface area (Å²) in [6.45, 7) is 5.33. The number of aliphatic imine (C=N–C) groups is 1. The van der Waals surface area contributed by atoms with Gasteiger partial charge in [-0.15, -0.1) is 24.0 Å². The number of guanidine groups is 1. The van der Waals surface area contributed by atoms with Gasteiger partial charge in [-0.1, -0.05) is 31.5 Å². The molecule has 1 aromatic carbocycles. The van der Waals surface area contributed by atoms with Crippen LogP contribution in [-0.4, -0.2) is 29.3 Å². The molecular formula is C17H24ClFIN5. The topological polar surface area (TPSA) is 54.2 Å². The summed E-state index contributed by atoms with van der Waals surface area (Å²) in [5.41, 5.74) is 1.68. The number of hydrogen-bond donors (Lipinski definition) is 2. The van der Waals surface area contributed by atoms with Crippen LogP contribution in [0.15, 0.2) is 35.6 Å². The summed E-state index contributed by atoms with van der Waals surface area (Å²) in [4.78, 5) is 4.22. The molecule has 0 aliphatic heterocycles. The number of nitrogens with zero attached hydrogens (tertiary/aromatic N) is 3. The van der Waals surface area contributed by atoms with Crippen molar-refractivity contribution < 1.29 is 4.39 Å². The largest absolute Gasteiger partial charge is 0.356 e. The van der Waals surface area contributed by atoms with Crippen LogP contribution < -0.4 is 10.6 Å². The van der Waals surface area contributed by atoms with E-state index >= 15 is 0 Å². The van der Waals surface area contributed by atoms with Crippen LogP contribution in [0.25, 0.3) is 0 Å². The van der Waals surface area contributed by atoms with Crippen molar-refractivity contribution >= 4 is 41.5 Å². The van der Waals surface area contributed by atoms with Crippen molar-refractivity contribution in [1.29, 1.82) is 0 Å². The van der Waals surface area contributed by atoms with Gasteiger partial charge in [0.15, 0.2) is 5.96 Å². The summed E-state index contributed by atoms with van der Waals surface area (Å²) in [6.07, 6.45) is 3.75. The fourth-order valence-electron chi connectivity index (χ4n) is 2.41. The number of benzene rings is 1. The summed E-state index contributed by atoms with van der Waals surface area (Å²) in [6, 6.07) is 4.50. The minimum Gasteiger partial charge on any atom is -0.356 e. The lowest BCUT2D eigenvalue weighted by Gasteiger charge is -2.27. The van der Waals surface area contributed by atoms with Crippen molar-refractivity contribution in [3.63, 3.8) is 0 Å². The molecule has 5 nitrogen and oxygen atoms in total. The average Bonchev–Trinajstić information content (AvgIpc) is 2.92. The molecule has 138 valence electrons. The van der Waals surface area contributed by atoms with Gasteiger partial charge in [-0.05, 0) is 17.7 Å². The summed E-state index contributed by atoms with van der Waals surface area (Å²) < 4.78 is 15.0. The first-order valence-corrected chi connectivity index (χ1v) is 8.07. The maximum absolute atomic E-state index is 13.2. The van der Waals surface area contributed by atoms with E-state index in [0.29, 0.717) is 24.1 Å². The second kappa shape index (κ2) is 9.38. The van der Waals surface area contributed by atoms with Crippen LogP contribution in [0.4, 0.5) is 4.39 Å². The Bertz CT molecular complexity index is 730. The Morgan fingerprint density at radius 3 is 2.64 bits per heavy atom. The molecule has 25 heavy (non-hydrogen) atoms. The Kier molecular flexibility index (Phi) is 8.14. The predicted octanol–water partition coefficient (Wildman–Crippen LogP) is 3.47. The molecule has 0 saturated carbocycles. The van der Waals surface area contributed by atoms with Gasteiger partial charge in [0.2, 0.25) is 0 Å². The van der Waals surface area contributed by atoms with Gasteiger partial charge in [0.05, 0.1) is 6.20 Å². The molecule has 0 radical (unpaired) electrons. The first-order chi connectivity index (χ1) is 11.3. The molecule has 0 aliphatic rings. The van der Waals surface area contributed by atoms with Crippen LogP contribution in [0.1, 0.15) is 25.0 Å². The van der Waals surface area contributed by atoms with Crippen LogP contribution in [0.3, 0.4) is 0 Å². The first-order valence-electron chi connectivity index (χ1n) is 7.69. The molecule has 0 amide bonds. The number of hydrogen-bond acceptors (Lipinski definition) is 2. The molecule has 0 aliphatic carbocycles. The molecule has 2 rings (SSSR count). The van der Waals surface area contributed by atoms with Gasteiger partial charge in [0.1, 0.15) is 5.82 Å². The lowest BCUT2D eigenvalue weighted by molar-refractivity contribution is 0.507. The van der Waals surface area contributed by atoms with E-state index in [4.69, 9.17) is 11.6 Å². The minimum absolute atomic E-state index is 0. The van der Waals surface area contributed by atoms with E-state index in [-0.39, 0.29) is 35.2 Å². The molecular weight excluding hydrogens is 456 g/mol. The molecule has 2 aromatic rings. The number of rotatable bonds is 5. The van der Waals surface area contributed by atoms with Crippen molar-refractivity contribution in [3.05, 3.63) is 52.6 Å². The predicted molar refractivity (Wildman–Crippen MR) is 111 cm³/mol. The van der Waals surface area contributed by atoms with E-state index in [0.717, 1.165) is 11.1 Å². The molecule has 0 unspecified atom stereocenters. The highest BCUT2D eigenvalue weighted by atomic mass is 127. The molecule has 1 aromatic heterocycles. The zero-order valence-electron chi connectivity index (χ0n) is 14.8. The lowest BCUT2D eigenvalue weighted by atomic mass is 9.84. The maximum Gasteiger partial charge on any atom is 0.191 e. The lowest BCUT2D eigenvalue weighted by Crippen LogP contribution is -2.43. The van der Waals surface area contributed by atoms with E-state index in [1.54, 1.807) is 17.8 Å². The highest BCUT2D eigenvalue weighted by Gasteiger charge is 2.24. The molecule has 2 N–H and O–H groups in total. The third-order valence-electron chi connectivity index (χ3n) is 3.80. The third kappa shape index (κ3) is 6.14. The number of halogens is 3. The van der Waals surface area contributed by atoms with Gasteiger partial charge in [0, 0.05) is 49.4 Å². The number of nitrogens with one attached hydrogen (secondary N) is 2. The average molecular weight is 480 g/mol. The number of aromatic nitrogens is 2. The van der Waals surface area contributed by atoms with Crippen molar-refractivity contribution in [2.24, 2.45) is 12.0 Å². The maximum atomic E-state index is 13.2. The van der Waals surface area contributed by atoms with E-state index in [1.165, 1.54) is 12.1 Å². The van der Waals surface area contributed by atoms with Gasteiger partial charge in [-0.3, -0.25) is 9.67 Å². The van der Waals surface area contributed by atoms with Crippen molar-refractivity contribution in [1.82, 2.24) is 20.4 Å². The molecule has 0 atom stereocenters. The molecule has 8 heteroatoms.